The highest BCUT2D eigenvalue weighted by Crippen LogP contribution is 2.37. The SMILES string of the molecule is O=c1c2c3c(sc2nc(C(F)(F)F)n1C1C=CC(O)=CC1)CCCCC3. The first-order valence-electron chi connectivity index (χ1n) is 8.57. The molecule has 0 saturated carbocycles. The molecule has 0 aliphatic heterocycles. The van der Waals surface area contributed by atoms with E-state index in [4.69, 9.17) is 0 Å². The highest BCUT2D eigenvalue weighted by Gasteiger charge is 2.39. The van der Waals surface area contributed by atoms with Crippen LogP contribution in [0.2, 0.25) is 0 Å². The molecule has 0 bridgehead atoms. The molecule has 0 fully saturated rings. The second kappa shape index (κ2) is 6.26. The number of nitrogens with zero attached hydrogens (tertiary/aromatic N) is 2. The Labute approximate surface area is 151 Å². The molecule has 1 unspecified atom stereocenters. The number of alkyl halides is 3. The van der Waals surface area contributed by atoms with E-state index in [1.165, 1.54) is 29.6 Å². The molecule has 2 aromatic heterocycles. The van der Waals surface area contributed by atoms with Crippen LogP contribution in [0.4, 0.5) is 13.2 Å². The van der Waals surface area contributed by atoms with E-state index in [0.717, 1.165) is 40.7 Å². The summed E-state index contributed by atoms with van der Waals surface area (Å²) in [5.74, 6) is -1.18. The van der Waals surface area contributed by atoms with Gasteiger partial charge in [0.2, 0.25) is 5.82 Å². The first-order valence-corrected chi connectivity index (χ1v) is 9.39. The average molecular weight is 382 g/mol. The number of allylic oxidation sites excluding steroid dienone is 3. The van der Waals surface area contributed by atoms with Gasteiger partial charge in [-0.25, -0.2) is 4.98 Å². The van der Waals surface area contributed by atoms with Gasteiger partial charge >= 0.3 is 6.18 Å². The second-order valence-corrected chi connectivity index (χ2v) is 7.73. The summed E-state index contributed by atoms with van der Waals surface area (Å²) in [6.07, 6.45) is 4.00. The van der Waals surface area contributed by atoms with E-state index in [1.807, 2.05) is 0 Å². The highest BCUT2D eigenvalue weighted by atomic mass is 32.1. The van der Waals surface area contributed by atoms with Crippen LogP contribution in [-0.4, -0.2) is 14.7 Å². The topological polar surface area (TPSA) is 55.1 Å². The summed E-state index contributed by atoms with van der Waals surface area (Å²) in [5.41, 5.74) is 0.242. The van der Waals surface area contributed by atoms with Gasteiger partial charge < -0.3 is 5.11 Å². The largest absolute Gasteiger partial charge is 0.508 e. The van der Waals surface area contributed by atoms with Crippen molar-refractivity contribution in [3.63, 3.8) is 0 Å². The normalized spacial score (nSPS) is 20.7. The third kappa shape index (κ3) is 2.86. The smallest absolute Gasteiger partial charge is 0.449 e. The third-order valence-electron chi connectivity index (χ3n) is 4.91. The van der Waals surface area contributed by atoms with Crippen molar-refractivity contribution in [2.45, 2.75) is 50.7 Å². The molecule has 0 saturated heterocycles. The Morgan fingerprint density at radius 3 is 2.69 bits per heavy atom. The molecule has 2 aromatic rings. The fraction of sp³-hybridized carbons (Fsp3) is 0.444. The number of aryl methyl sites for hydroxylation is 2. The Morgan fingerprint density at radius 1 is 1.23 bits per heavy atom. The Hall–Kier alpha value is -2.09. The van der Waals surface area contributed by atoms with Crippen LogP contribution in [0, 0.1) is 0 Å². The number of aliphatic hydroxyl groups excluding tert-OH is 1. The van der Waals surface area contributed by atoms with Gasteiger partial charge in [-0.05, 0) is 49.8 Å². The lowest BCUT2D eigenvalue weighted by atomic mass is 10.1. The number of hydrogen-bond donors (Lipinski definition) is 1. The van der Waals surface area contributed by atoms with Crippen molar-refractivity contribution in [1.29, 1.82) is 0 Å². The van der Waals surface area contributed by atoms with Crippen LogP contribution in [0.5, 0.6) is 0 Å². The predicted molar refractivity (Wildman–Crippen MR) is 93.6 cm³/mol. The van der Waals surface area contributed by atoms with Gasteiger partial charge in [0.1, 0.15) is 10.6 Å². The lowest BCUT2D eigenvalue weighted by Gasteiger charge is -2.22. The summed E-state index contributed by atoms with van der Waals surface area (Å²) in [6.45, 7) is 0. The fourth-order valence-corrected chi connectivity index (χ4v) is 4.94. The molecule has 2 heterocycles. The number of aliphatic hydroxyl groups is 1. The van der Waals surface area contributed by atoms with Gasteiger partial charge in [0.05, 0.1) is 11.4 Å². The zero-order chi connectivity index (χ0) is 18.5. The summed E-state index contributed by atoms with van der Waals surface area (Å²) in [5, 5.41) is 9.79. The monoisotopic (exact) mass is 382 g/mol. The molecular formula is C18H17F3N2O2S. The molecule has 0 aromatic carbocycles. The quantitative estimate of drug-likeness (QED) is 0.728. The van der Waals surface area contributed by atoms with E-state index >= 15 is 0 Å². The Bertz CT molecular complexity index is 985. The predicted octanol–water partition coefficient (Wildman–Crippen LogP) is 4.69. The highest BCUT2D eigenvalue weighted by molar-refractivity contribution is 7.18. The Balaban J connectivity index is 1.99. The molecule has 4 nitrogen and oxygen atoms in total. The molecule has 1 N–H and O–H groups in total. The van der Waals surface area contributed by atoms with Gasteiger partial charge in [-0.15, -0.1) is 11.3 Å². The maximum absolute atomic E-state index is 13.6. The van der Waals surface area contributed by atoms with Gasteiger partial charge in [0, 0.05) is 4.88 Å². The second-order valence-electron chi connectivity index (χ2n) is 6.64. The maximum Gasteiger partial charge on any atom is 0.449 e. The minimum Gasteiger partial charge on any atom is -0.508 e. The fourth-order valence-electron chi connectivity index (χ4n) is 3.69. The maximum atomic E-state index is 13.6. The van der Waals surface area contributed by atoms with Crippen LogP contribution in [0.3, 0.4) is 0 Å². The van der Waals surface area contributed by atoms with Crippen LogP contribution in [0.25, 0.3) is 10.2 Å². The van der Waals surface area contributed by atoms with Crippen molar-refractivity contribution in [2.75, 3.05) is 0 Å². The van der Waals surface area contributed by atoms with Crippen molar-refractivity contribution in [1.82, 2.24) is 9.55 Å². The summed E-state index contributed by atoms with van der Waals surface area (Å²) in [4.78, 5) is 18.2. The summed E-state index contributed by atoms with van der Waals surface area (Å²) in [6, 6.07) is -0.812. The van der Waals surface area contributed by atoms with Crippen molar-refractivity contribution in [2.24, 2.45) is 0 Å². The van der Waals surface area contributed by atoms with E-state index in [1.54, 1.807) is 0 Å². The summed E-state index contributed by atoms with van der Waals surface area (Å²) in [7, 11) is 0. The third-order valence-corrected chi connectivity index (χ3v) is 6.10. The number of hydrogen-bond acceptors (Lipinski definition) is 4. The summed E-state index contributed by atoms with van der Waals surface area (Å²) < 4.78 is 41.6. The molecule has 2 aliphatic carbocycles. The van der Waals surface area contributed by atoms with Crippen LogP contribution < -0.4 is 5.56 Å². The molecule has 1 atom stereocenters. The van der Waals surface area contributed by atoms with Crippen molar-refractivity contribution in [3.8, 4) is 0 Å². The first-order chi connectivity index (χ1) is 12.4. The molecule has 0 amide bonds. The molecular weight excluding hydrogens is 365 g/mol. The zero-order valence-corrected chi connectivity index (χ0v) is 14.7. The Morgan fingerprint density at radius 2 is 2.00 bits per heavy atom. The van der Waals surface area contributed by atoms with E-state index in [2.05, 4.69) is 4.98 Å². The van der Waals surface area contributed by atoms with Gasteiger partial charge in [-0.2, -0.15) is 13.2 Å². The van der Waals surface area contributed by atoms with Gasteiger partial charge in [-0.3, -0.25) is 9.36 Å². The molecule has 0 spiro atoms. The van der Waals surface area contributed by atoms with Crippen molar-refractivity contribution < 1.29 is 18.3 Å². The number of aromatic nitrogens is 2. The lowest BCUT2D eigenvalue weighted by molar-refractivity contribution is -0.148. The minimum absolute atomic E-state index is 0.0127. The van der Waals surface area contributed by atoms with Crippen LogP contribution in [0.15, 0.2) is 28.8 Å². The van der Waals surface area contributed by atoms with E-state index in [-0.39, 0.29) is 17.0 Å². The van der Waals surface area contributed by atoms with Crippen molar-refractivity contribution >= 4 is 21.6 Å². The zero-order valence-electron chi connectivity index (χ0n) is 13.8. The Kier molecular flexibility index (Phi) is 4.17. The van der Waals surface area contributed by atoms with Gasteiger partial charge in [0.15, 0.2) is 0 Å². The first kappa shape index (κ1) is 17.3. The molecule has 0 radical (unpaired) electrons. The molecule has 2 aliphatic rings. The average Bonchev–Trinajstić information content (AvgIpc) is 2.77. The summed E-state index contributed by atoms with van der Waals surface area (Å²) >= 11 is 1.22. The molecule has 8 heteroatoms. The molecule has 26 heavy (non-hydrogen) atoms. The van der Waals surface area contributed by atoms with E-state index < -0.39 is 23.6 Å². The van der Waals surface area contributed by atoms with E-state index in [9.17, 15) is 23.1 Å². The molecule has 4 rings (SSSR count). The number of rotatable bonds is 1. The lowest BCUT2D eigenvalue weighted by Crippen LogP contribution is -2.33. The minimum atomic E-state index is -4.73. The number of thiophene rings is 1. The van der Waals surface area contributed by atoms with Crippen LogP contribution in [0.1, 0.15) is 48.0 Å². The number of fused-ring (bicyclic) bond motifs is 3. The van der Waals surface area contributed by atoms with Crippen molar-refractivity contribution in [3.05, 3.63) is 50.6 Å². The van der Waals surface area contributed by atoms with Gasteiger partial charge in [-0.1, -0.05) is 12.5 Å². The van der Waals surface area contributed by atoms with E-state index in [0.29, 0.717) is 11.8 Å². The molecule has 138 valence electrons. The van der Waals surface area contributed by atoms with Crippen LogP contribution >= 0.6 is 11.3 Å². The number of halogens is 3. The van der Waals surface area contributed by atoms with Crippen LogP contribution in [-0.2, 0) is 19.0 Å². The van der Waals surface area contributed by atoms with Gasteiger partial charge in [0.25, 0.3) is 5.56 Å². The standard InChI is InChI=1S/C18H17F3N2O2S/c19-18(20,21)17-22-15-14(12-4-2-1-3-5-13(12)26-15)16(25)23(17)10-6-8-11(24)9-7-10/h6,8-10,24H,1-5,7H2.